The van der Waals surface area contributed by atoms with Gasteiger partial charge in [0.2, 0.25) is 11.8 Å². The molecule has 1 atom stereocenters. The molecule has 0 aliphatic carbocycles. The van der Waals surface area contributed by atoms with E-state index in [9.17, 15) is 0 Å². The Morgan fingerprint density at radius 1 is 1.44 bits per heavy atom. The number of rotatable bonds is 4. The quantitative estimate of drug-likeness (QED) is 0.926. The minimum Gasteiger partial charge on any atom is -0.419 e. The third kappa shape index (κ3) is 2.74. The number of nitrogens with zero attached hydrogens (tertiary/aromatic N) is 2. The molecule has 2 rings (SSSR count). The van der Waals surface area contributed by atoms with Crippen molar-refractivity contribution in [1.82, 2.24) is 15.5 Å². The van der Waals surface area contributed by atoms with Crippen molar-refractivity contribution in [3.63, 3.8) is 0 Å². The lowest BCUT2D eigenvalue weighted by molar-refractivity contribution is 0.415. The van der Waals surface area contributed by atoms with E-state index in [0.717, 1.165) is 16.5 Å². The summed E-state index contributed by atoms with van der Waals surface area (Å²) < 4.78 is 6.56. The summed E-state index contributed by atoms with van der Waals surface area (Å²) in [7, 11) is 1.87. The lowest BCUT2D eigenvalue weighted by Crippen LogP contribution is -2.15. The maximum atomic E-state index is 6.15. The molecule has 0 saturated heterocycles. The molecule has 0 radical (unpaired) electrons. The first-order chi connectivity index (χ1) is 8.65. The van der Waals surface area contributed by atoms with Crippen molar-refractivity contribution < 1.29 is 4.42 Å². The van der Waals surface area contributed by atoms with Crippen molar-refractivity contribution >= 4 is 27.5 Å². The maximum absolute atomic E-state index is 6.15. The maximum Gasteiger partial charge on any atom is 0.249 e. The molecule has 6 heteroatoms. The minimum absolute atomic E-state index is 0.0699. The summed E-state index contributed by atoms with van der Waals surface area (Å²) in [4.78, 5) is 0. The number of aromatic nitrogens is 2. The van der Waals surface area contributed by atoms with Gasteiger partial charge in [-0.05, 0) is 31.7 Å². The van der Waals surface area contributed by atoms with Gasteiger partial charge in [-0.1, -0.05) is 34.5 Å². The molecule has 1 aromatic heterocycles. The van der Waals surface area contributed by atoms with E-state index in [1.54, 1.807) is 6.07 Å². The highest BCUT2D eigenvalue weighted by Crippen LogP contribution is 2.30. The third-order valence-corrected chi connectivity index (χ3v) is 3.46. The van der Waals surface area contributed by atoms with E-state index in [0.29, 0.717) is 16.8 Å². The molecule has 0 amide bonds. The summed E-state index contributed by atoms with van der Waals surface area (Å²) >= 11 is 9.51. The van der Waals surface area contributed by atoms with Crippen molar-refractivity contribution in [1.29, 1.82) is 0 Å². The van der Waals surface area contributed by atoms with E-state index in [1.807, 2.05) is 19.2 Å². The van der Waals surface area contributed by atoms with E-state index in [1.165, 1.54) is 0 Å². The number of nitrogens with one attached hydrogen (secondary N) is 1. The second-order valence-electron chi connectivity index (χ2n) is 3.82. The predicted octanol–water partition coefficient (Wildman–Crippen LogP) is 3.82. The van der Waals surface area contributed by atoms with E-state index in [2.05, 4.69) is 38.4 Å². The lowest BCUT2D eigenvalue weighted by Gasteiger charge is -2.07. The minimum atomic E-state index is 0.0699. The Bertz CT molecular complexity index is 540. The van der Waals surface area contributed by atoms with Gasteiger partial charge in [0.1, 0.15) is 0 Å². The molecule has 0 fully saturated rings. The van der Waals surface area contributed by atoms with Gasteiger partial charge >= 0.3 is 0 Å². The van der Waals surface area contributed by atoms with E-state index in [4.69, 9.17) is 16.0 Å². The van der Waals surface area contributed by atoms with Crippen molar-refractivity contribution in [3.8, 4) is 11.5 Å². The summed E-state index contributed by atoms with van der Waals surface area (Å²) in [6.45, 7) is 2.05. The highest BCUT2D eigenvalue weighted by molar-refractivity contribution is 9.10. The molecular formula is C12H13BrClN3O. The number of halogens is 2. The largest absolute Gasteiger partial charge is 0.419 e. The van der Waals surface area contributed by atoms with Crippen LogP contribution in [0, 0.1) is 0 Å². The predicted molar refractivity (Wildman–Crippen MR) is 74.5 cm³/mol. The van der Waals surface area contributed by atoms with E-state index in [-0.39, 0.29) is 6.04 Å². The molecule has 96 valence electrons. The molecule has 1 heterocycles. The summed E-state index contributed by atoms with van der Waals surface area (Å²) in [5, 5.41) is 11.8. The van der Waals surface area contributed by atoms with Gasteiger partial charge in [0.25, 0.3) is 0 Å². The Balaban J connectivity index is 2.34. The highest BCUT2D eigenvalue weighted by Gasteiger charge is 2.17. The van der Waals surface area contributed by atoms with Crippen molar-refractivity contribution in [3.05, 3.63) is 33.6 Å². The van der Waals surface area contributed by atoms with Crippen LogP contribution in [0.15, 0.2) is 27.1 Å². The van der Waals surface area contributed by atoms with Crippen LogP contribution in [0.5, 0.6) is 0 Å². The van der Waals surface area contributed by atoms with Gasteiger partial charge in [0.15, 0.2) is 0 Å². The van der Waals surface area contributed by atoms with Gasteiger partial charge in [0, 0.05) is 4.47 Å². The average molecular weight is 331 g/mol. The Morgan fingerprint density at radius 2 is 2.22 bits per heavy atom. The van der Waals surface area contributed by atoms with Gasteiger partial charge in [-0.3, -0.25) is 0 Å². The van der Waals surface area contributed by atoms with Gasteiger partial charge in [-0.2, -0.15) is 0 Å². The van der Waals surface area contributed by atoms with Gasteiger partial charge < -0.3 is 9.73 Å². The van der Waals surface area contributed by atoms with E-state index >= 15 is 0 Å². The molecule has 0 aliphatic rings. The molecule has 4 nitrogen and oxygen atoms in total. The summed E-state index contributed by atoms with van der Waals surface area (Å²) in [5.74, 6) is 1.02. The second kappa shape index (κ2) is 5.82. The van der Waals surface area contributed by atoms with Gasteiger partial charge in [-0.25, -0.2) is 0 Å². The highest BCUT2D eigenvalue weighted by atomic mass is 79.9. The summed E-state index contributed by atoms with van der Waals surface area (Å²) in [6, 6.07) is 5.61. The van der Waals surface area contributed by atoms with Crippen LogP contribution in [0.3, 0.4) is 0 Å². The Hall–Kier alpha value is -0.910. The molecular weight excluding hydrogens is 318 g/mol. The number of hydrogen-bond donors (Lipinski definition) is 1. The van der Waals surface area contributed by atoms with Crippen LogP contribution in [-0.4, -0.2) is 17.2 Å². The summed E-state index contributed by atoms with van der Waals surface area (Å²) in [5.41, 5.74) is 0.740. The first-order valence-corrected chi connectivity index (χ1v) is 6.79. The van der Waals surface area contributed by atoms with Crippen LogP contribution in [0.4, 0.5) is 0 Å². The van der Waals surface area contributed by atoms with Crippen molar-refractivity contribution in [2.24, 2.45) is 0 Å². The number of benzene rings is 1. The fraction of sp³-hybridized carbons (Fsp3) is 0.333. The lowest BCUT2D eigenvalue weighted by atomic mass is 10.2. The standard InChI is InChI=1S/C12H13BrClN3O/c1-3-10(15-2)12-17-16-11(18-12)8-5-4-7(13)6-9(8)14/h4-6,10,15H,3H2,1-2H3. The van der Waals surface area contributed by atoms with Gasteiger partial charge in [0.05, 0.1) is 16.6 Å². The Kier molecular flexibility index (Phi) is 4.37. The Labute approximate surface area is 119 Å². The fourth-order valence-corrected chi connectivity index (χ4v) is 2.40. The topological polar surface area (TPSA) is 51.0 Å². The monoisotopic (exact) mass is 329 g/mol. The molecule has 1 unspecified atom stereocenters. The molecule has 18 heavy (non-hydrogen) atoms. The Morgan fingerprint density at radius 3 is 2.83 bits per heavy atom. The molecule has 0 bridgehead atoms. The normalized spacial score (nSPS) is 12.7. The molecule has 1 N–H and O–H groups in total. The molecule has 2 aromatic rings. The average Bonchev–Trinajstić information content (AvgIpc) is 2.80. The van der Waals surface area contributed by atoms with Crippen LogP contribution in [-0.2, 0) is 0 Å². The van der Waals surface area contributed by atoms with Crippen LogP contribution in [0.1, 0.15) is 25.3 Å². The second-order valence-corrected chi connectivity index (χ2v) is 5.14. The van der Waals surface area contributed by atoms with Crippen LogP contribution in [0.25, 0.3) is 11.5 Å². The zero-order valence-corrected chi connectivity index (χ0v) is 12.4. The third-order valence-electron chi connectivity index (χ3n) is 2.66. The zero-order chi connectivity index (χ0) is 13.1. The van der Waals surface area contributed by atoms with Crippen molar-refractivity contribution in [2.45, 2.75) is 19.4 Å². The molecule has 1 aromatic carbocycles. The van der Waals surface area contributed by atoms with Crippen molar-refractivity contribution in [2.75, 3.05) is 7.05 Å². The fourth-order valence-electron chi connectivity index (χ4n) is 1.65. The molecule has 0 spiro atoms. The van der Waals surface area contributed by atoms with E-state index < -0.39 is 0 Å². The zero-order valence-electron chi connectivity index (χ0n) is 10.1. The molecule has 0 saturated carbocycles. The summed E-state index contributed by atoms with van der Waals surface area (Å²) in [6.07, 6.45) is 0.881. The number of hydrogen-bond acceptors (Lipinski definition) is 4. The smallest absolute Gasteiger partial charge is 0.249 e. The van der Waals surface area contributed by atoms with Crippen LogP contribution < -0.4 is 5.32 Å². The van der Waals surface area contributed by atoms with Crippen LogP contribution >= 0.6 is 27.5 Å². The first kappa shape index (κ1) is 13.5. The van der Waals surface area contributed by atoms with Crippen LogP contribution in [0.2, 0.25) is 5.02 Å². The first-order valence-electron chi connectivity index (χ1n) is 5.61. The molecule has 0 aliphatic heterocycles. The SMILES string of the molecule is CCC(NC)c1nnc(-c2ccc(Br)cc2Cl)o1. The van der Waals surface area contributed by atoms with Gasteiger partial charge in [-0.15, -0.1) is 10.2 Å².